The van der Waals surface area contributed by atoms with Gasteiger partial charge in [-0.05, 0) is 154 Å². The zero-order valence-corrected chi connectivity index (χ0v) is 47.8. The highest BCUT2D eigenvalue weighted by Gasteiger charge is 2.39. The van der Waals surface area contributed by atoms with E-state index in [2.05, 4.69) is 170 Å². The third-order valence-electron chi connectivity index (χ3n) is 12.7. The maximum atomic E-state index is 2.55. The van der Waals surface area contributed by atoms with Crippen LogP contribution in [0.1, 0.15) is 90.2 Å². The molecule has 11 heteroatoms. The van der Waals surface area contributed by atoms with Gasteiger partial charge in [0.25, 0.3) is 0 Å². The van der Waals surface area contributed by atoms with Crippen LogP contribution in [0.2, 0.25) is 12.1 Å². The summed E-state index contributed by atoms with van der Waals surface area (Å²) < 4.78 is 3.35. The van der Waals surface area contributed by atoms with E-state index in [1.165, 1.54) is 153 Å². The van der Waals surface area contributed by atoms with Gasteiger partial charge in [0.2, 0.25) is 0 Å². The first-order chi connectivity index (χ1) is 33.0. The molecule has 344 valence electrons. The van der Waals surface area contributed by atoms with Gasteiger partial charge in [0, 0.05) is 78.0 Å². The average molecular weight is 1080 g/mol. The molecular formula is C56H56S10Si. The summed E-state index contributed by atoms with van der Waals surface area (Å²) in [6.45, 7) is 9.35. The molecule has 0 spiro atoms. The van der Waals surface area contributed by atoms with Crippen LogP contribution < -0.4 is 9.00 Å². The fourth-order valence-electron chi connectivity index (χ4n) is 9.00. The van der Waals surface area contributed by atoms with E-state index in [-0.39, 0.29) is 0 Å². The van der Waals surface area contributed by atoms with Gasteiger partial charge in [0.05, 0.1) is 0 Å². The van der Waals surface area contributed by atoms with E-state index >= 15 is 0 Å². The number of rotatable bonds is 22. The number of hydrogen-bond acceptors (Lipinski definition) is 10. The molecule has 10 aromatic rings. The van der Waals surface area contributed by atoms with E-state index < -0.39 is 8.07 Å². The lowest BCUT2D eigenvalue weighted by atomic mass is 10.1. The van der Waals surface area contributed by atoms with Crippen LogP contribution in [0.3, 0.4) is 0 Å². The molecule has 0 bridgehead atoms. The second-order valence-corrected chi connectivity index (χ2v) is 32.8. The van der Waals surface area contributed by atoms with Crippen LogP contribution in [0, 0.1) is 0 Å². The van der Waals surface area contributed by atoms with Crippen molar-refractivity contribution in [1.82, 2.24) is 0 Å². The van der Waals surface area contributed by atoms with Crippen molar-refractivity contribution in [2.24, 2.45) is 0 Å². The van der Waals surface area contributed by atoms with E-state index in [1.54, 1.807) is 9.00 Å². The maximum Gasteiger partial charge on any atom is 0.143 e. The number of thiophene rings is 10. The number of unbranched alkanes of at least 4 members (excludes halogenated alkanes) is 4. The van der Waals surface area contributed by atoms with E-state index in [1.807, 2.05) is 90.7 Å². The van der Waals surface area contributed by atoms with Gasteiger partial charge >= 0.3 is 0 Å². The van der Waals surface area contributed by atoms with Crippen LogP contribution in [-0.2, 0) is 12.8 Å². The molecule has 0 saturated carbocycles. The molecule has 0 aliphatic heterocycles. The molecule has 0 aliphatic carbocycles. The van der Waals surface area contributed by atoms with Gasteiger partial charge in [-0.25, -0.2) is 0 Å². The topological polar surface area (TPSA) is 0 Å². The van der Waals surface area contributed by atoms with E-state index in [9.17, 15) is 0 Å². The van der Waals surface area contributed by atoms with Crippen LogP contribution >= 0.6 is 113 Å². The lowest BCUT2D eigenvalue weighted by Gasteiger charge is -2.30. The van der Waals surface area contributed by atoms with Crippen molar-refractivity contribution in [3.8, 4) is 78.0 Å². The Hall–Kier alpha value is -2.78. The van der Waals surface area contributed by atoms with Crippen LogP contribution in [-0.4, -0.2) is 8.07 Å². The molecule has 0 saturated heterocycles. The summed E-state index contributed by atoms with van der Waals surface area (Å²) in [6, 6.07) is 45.6. The summed E-state index contributed by atoms with van der Waals surface area (Å²) in [6.07, 6.45) is 12.3. The Bertz CT molecular complexity index is 2900. The minimum absolute atomic E-state index is 1.16. The zero-order valence-electron chi connectivity index (χ0n) is 38.6. The summed E-state index contributed by atoms with van der Waals surface area (Å²) in [5.41, 5.74) is 3.03. The predicted octanol–water partition coefficient (Wildman–Crippen LogP) is 21.5. The van der Waals surface area contributed by atoms with E-state index in [0.29, 0.717) is 0 Å². The van der Waals surface area contributed by atoms with Gasteiger partial charge in [0.15, 0.2) is 0 Å². The molecule has 0 atom stereocenters. The van der Waals surface area contributed by atoms with Gasteiger partial charge in [-0.15, -0.1) is 113 Å². The smallest absolute Gasteiger partial charge is 0.143 e. The lowest BCUT2D eigenvalue weighted by molar-refractivity contribution is 0.798. The van der Waals surface area contributed by atoms with Gasteiger partial charge in [-0.3, -0.25) is 0 Å². The minimum atomic E-state index is -2.01. The Labute approximate surface area is 439 Å². The summed E-state index contributed by atoms with van der Waals surface area (Å²) in [4.78, 5) is 22.5. The Morgan fingerprint density at radius 1 is 0.328 bits per heavy atom. The Kier molecular flexibility index (Phi) is 15.8. The monoisotopic (exact) mass is 1080 g/mol. The Morgan fingerprint density at radius 2 is 0.657 bits per heavy atom. The van der Waals surface area contributed by atoms with Gasteiger partial charge in [-0.1, -0.05) is 90.5 Å². The van der Waals surface area contributed by atoms with Crippen molar-refractivity contribution in [2.45, 2.75) is 104 Å². The molecule has 0 unspecified atom stereocenters. The van der Waals surface area contributed by atoms with Gasteiger partial charge < -0.3 is 0 Å². The Balaban J connectivity index is 0.892. The first-order valence-electron chi connectivity index (χ1n) is 23.9. The first kappa shape index (κ1) is 47.9. The molecule has 10 heterocycles. The van der Waals surface area contributed by atoms with Crippen LogP contribution in [0.15, 0.2) is 120 Å². The molecule has 10 aromatic heterocycles. The van der Waals surface area contributed by atoms with Gasteiger partial charge in [-0.2, -0.15) is 0 Å². The van der Waals surface area contributed by atoms with Gasteiger partial charge in [0.1, 0.15) is 8.07 Å². The standard InChI is InChI=1S/C56H56S10Si/c1-5-9-15-37-35-51(65-55(37)49-17-13-31-57-49)47-25-23-41(61-47)39-19-21-43(59-39)45-27-29-53(63-45)67(33-11-7-3,34-12-8-4)54-30-28-46(64-54)44-22-20-40(60-44)42-24-26-48(62-42)52-36-38(16-10-6-2)56(66-52)50-18-14-32-58-50/h13-14,17-32,35-36H,5-12,15-16,33-34H2,1-4H3. The van der Waals surface area contributed by atoms with Crippen molar-refractivity contribution >= 4 is 130 Å². The highest BCUT2D eigenvalue weighted by Crippen LogP contribution is 2.48. The fraction of sp³-hybridized carbons (Fsp3) is 0.286. The summed E-state index contributed by atoms with van der Waals surface area (Å²) in [5.74, 6) is 0. The quantitative estimate of drug-likeness (QED) is 0.0594. The SMILES string of the molecule is CCCCc1cc(-c2ccc(-c3ccc(-c4ccc([Si](CCCC)(CCCC)c5ccc(-c6ccc(-c7ccc(-c8cc(CCCC)c(-c9cccs9)s8)s7)s6)s5)s4)s3)s2)sc1-c1cccs1. The van der Waals surface area contributed by atoms with E-state index in [4.69, 9.17) is 0 Å². The molecule has 0 aromatic carbocycles. The largest absolute Gasteiger partial charge is 0.144 e. The number of hydrogen-bond donors (Lipinski definition) is 0. The third kappa shape index (κ3) is 10.4. The van der Waals surface area contributed by atoms with Crippen LogP contribution in [0.25, 0.3) is 78.0 Å². The van der Waals surface area contributed by atoms with Crippen molar-refractivity contribution < 1.29 is 0 Å². The summed E-state index contributed by atoms with van der Waals surface area (Å²) >= 11 is 19.8. The summed E-state index contributed by atoms with van der Waals surface area (Å²) in [5, 5.41) is 4.42. The maximum absolute atomic E-state index is 2.55. The average Bonchev–Trinajstić information content (AvgIpc) is 4.20. The van der Waals surface area contributed by atoms with Crippen molar-refractivity contribution in [1.29, 1.82) is 0 Å². The van der Waals surface area contributed by atoms with Crippen molar-refractivity contribution in [2.75, 3.05) is 0 Å². The molecule has 10 rings (SSSR count). The molecule has 0 N–H and O–H groups in total. The first-order valence-corrected chi connectivity index (χ1v) is 34.6. The molecule has 0 nitrogen and oxygen atoms in total. The molecular weight excluding hydrogens is 1020 g/mol. The third-order valence-corrected chi connectivity index (χ3v) is 32.0. The lowest BCUT2D eigenvalue weighted by Crippen LogP contribution is -2.55. The van der Waals surface area contributed by atoms with Crippen LogP contribution in [0.5, 0.6) is 0 Å². The van der Waals surface area contributed by atoms with Crippen molar-refractivity contribution in [3.05, 3.63) is 131 Å². The highest BCUT2D eigenvalue weighted by molar-refractivity contribution is 7.40. The summed E-state index contributed by atoms with van der Waals surface area (Å²) in [7, 11) is -2.01. The Morgan fingerprint density at radius 3 is 0.985 bits per heavy atom. The fourth-order valence-corrected chi connectivity index (χ4v) is 27.8. The zero-order chi connectivity index (χ0) is 45.7. The normalized spacial score (nSPS) is 12.0. The molecule has 0 aliphatic rings. The molecule has 0 amide bonds. The number of aryl methyl sites for hydroxylation is 2. The minimum Gasteiger partial charge on any atom is -0.144 e. The van der Waals surface area contributed by atoms with E-state index in [0.717, 1.165) is 12.8 Å². The van der Waals surface area contributed by atoms with Crippen LogP contribution in [0.4, 0.5) is 0 Å². The second kappa shape index (κ2) is 22.1. The highest BCUT2D eigenvalue weighted by atomic mass is 32.1. The van der Waals surface area contributed by atoms with Crippen molar-refractivity contribution in [3.63, 3.8) is 0 Å². The molecule has 67 heavy (non-hydrogen) atoms. The molecule has 0 fully saturated rings. The second-order valence-electron chi connectivity index (χ2n) is 17.4. The molecule has 0 radical (unpaired) electrons. The predicted molar refractivity (Wildman–Crippen MR) is 317 cm³/mol.